The molecule has 2 rings (SSSR count). The number of hydrogen-bond donors (Lipinski definition) is 0. The number of hydrogen-bond acceptors (Lipinski definition) is 3. The number of carbonyl (C=O) groups excluding carboxylic acids is 1. The van der Waals surface area contributed by atoms with Gasteiger partial charge in [0.1, 0.15) is 0 Å². The van der Waals surface area contributed by atoms with Crippen LogP contribution in [0.3, 0.4) is 0 Å². The van der Waals surface area contributed by atoms with Crippen molar-refractivity contribution >= 4 is 21.8 Å². The van der Waals surface area contributed by atoms with E-state index in [-0.39, 0.29) is 18.7 Å². The van der Waals surface area contributed by atoms with Crippen molar-refractivity contribution < 1.29 is 30.3 Å². The Morgan fingerprint density at radius 2 is 1.95 bits per heavy atom. The lowest BCUT2D eigenvalue weighted by Crippen LogP contribution is -2.25. The fourth-order valence-electron chi connectivity index (χ4n) is 2.27. The van der Waals surface area contributed by atoms with E-state index in [0.717, 1.165) is 23.1 Å². The summed E-state index contributed by atoms with van der Waals surface area (Å²) in [6, 6.07) is 4.15. The van der Waals surface area contributed by atoms with E-state index in [1.54, 1.807) is 0 Å². The lowest BCUT2D eigenvalue weighted by molar-refractivity contribution is -0.137. The molecule has 0 N–H and O–H groups in total. The van der Waals surface area contributed by atoms with Crippen LogP contribution in [0.2, 0.25) is 0 Å². The lowest BCUT2D eigenvalue weighted by atomic mass is 10.1. The summed E-state index contributed by atoms with van der Waals surface area (Å²) < 4.78 is 71.6. The summed E-state index contributed by atoms with van der Waals surface area (Å²) in [6.07, 6.45) is -4.75. The highest BCUT2D eigenvalue weighted by Crippen LogP contribution is 2.33. The molecule has 1 aromatic rings. The molecule has 116 valence electrons. The highest BCUT2D eigenvalue weighted by molar-refractivity contribution is 7.86. The molecule has 1 atom stereocenters. The first-order valence-electron chi connectivity index (χ1n) is 5.96. The molecule has 4 nitrogen and oxygen atoms in total. The molecule has 1 aliphatic rings. The number of rotatable bonds is 3. The summed E-state index contributed by atoms with van der Waals surface area (Å²) in [7, 11) is -4.73. The van der Waals surface area contributed by atoms with Gasteiger partial charge < -0.3 is 4.90 Å². The zero-order valence-electron chi connectivity index (χ0n) is 10.6. The fourth-order valence-corrected chi connectivity index (χ4v) is 3.06. The second-order valence-corrected chi connectivity index (χ2v) is 6.24. The van der Waals surface area contributed by atoms with Gasteiger partial charge in [-0.3, -0.25) is 4.79 Å². The van der Waals surface area contributed by atoms with Crippen LogP contribution in [0.15, 0.2) is 24.3 Å². The first-order chi connectivity index (χ1) is 9.56. The van der Waals surface area contributed by atoms with Gasteiger partial charge in [-0.25, -0.2) is 0 Å². The van der Waals surface area contributed by atoms with Crippen LogP contribution in [0.5, 0.6) is 0 Å². The molecule has 1 unspecified atom stereocenters. The predicted molar refractivity (Wildman–Crippen MR) is 66.8 cm³/mol. The van der Waals surface area contributed by atoms with Gasteiger partial charge >= 0.3 is 16.4 Å². The maximum Gasteiger partial charge on any atom is 0.416 e. The first kappa shape index (κ1) is 15.7. The van der Waals surface area contributed by atoms with Gasteiger partial charge in [-0.1, -0.05) is 6.07 Å². The highest BCUT2D eigenvalue weighted by atomic mass is 32.3. The largest absolute Gasteiger partial charge is 0.416 e. The normalized spacial score (nSPS) is 20.1. The summed E-state index contributed by atoms with van der Waals surface area (Å²) in [5, 5.41) is 0. The molecule has 1 amide bonds. The number of amides is 1. The molecule has 1 heterocycles. The highest BCUT2D eigenvalue weighted by Gasteiger charge is 2.35. The molecule has 0 aliphatic carbocycles. The topological polar surface area (TPSA) is 54.5 Å². The Balaban J connectivity index is 2.21. The van der Waals surface area contributed by atoms with Crippen LogP contribution in [0.25, 0.3) is 0 Å². The Hall–Kier alpha value is -1.64. The second-order valence-electron chi connectivity index (χ2n) is 4.83. The standard InChI is InChI=1S/C12H11F4NO3S/c13-12(14,15)9-2-1-3-10(5-9)17-6-8(4-11(17)18)7-21(16,19)20/h1-3,5,8H,4,6-7H2. The number of carbonyl (C=O) groups is 1. The van der Waals surface area contributed by atoms with E-state index in [9.17, 15) is 30.3 Å². The van der Waals surface area contributed by atoms with Crippen LogP contribution in [0.1, 0.15) is 12.0 Å². The van der Waals surface area contributed by atoms with Gasteiger partial charge in [0.2, 0.25) is 5.91 Å². The summed E-state index contributed by atoms with van der Waals surface area (Å²) in [5.74, 6) is -2.10. The third-order valence-corrected chi connectivity index (χ3v) is 3.99. The van der Waals surface area contributed by atoms with E-state index >= 15 is 0 Å². The van der Waals surface area contributed by atoms with Gasteiger partial charge in [0, 0.05) is 24.6 Å². The van der Waals surface area contributed by atoms with Crippen molar-refractivity contribution in [2.24, 2.45) is 5.92 Å². The maximum atomic E-state index is 12.6. The van der Waals surface area contributed by atoms with Crippen molar-refractivity contribution in [2.75, 3.05) is 17.2 Å². The smallest absolute Gasteiger partial charge is 0.312 e. The molecule has 1 aliphatic heterocycles. The lowest BCUT2D eigenvalue weighted by Gasteiger charge is -2.18. The van der Waals surface area contributed by atoms with Crippen molar-refractivity contribution in [1.82, 2.24) is 0 Å². The third kappa shape index (κ3) is 3.93. The van der Waals surface area contributed by atoms with Gasteiger partial charge in [0.05, 0.1) is 11.3 Å². The van der Waals surface area contributed by atoms with Crippen LogP contribution in [-0.2, 0) is 21.2 Å². The molecule has 0 radical (unpaired) electrons. The molecular formula is C12H11F4NO3S. The Bertz CT molecular complexity index is 657. The zero-order chi connectivity index (χ0) is 15.8. The van der Waals surface area contributed by atoms with E-state index < -0.39 is 39.5 Å². The molecule has 0 spiro atoms. The summed E-state index contributed by atoms with van der Waals surface area (Å²) in [6.45, 7) is -0.122. The number of nitrogens with zero attached hydrogens (tertiary/aromatic N) is 1. The quantitative estimate of drug-likeness (QED) is 0.633. The summed E-state index contributed by atoms with van der Waals surface area (Å²) >= 11 is 0. The predicted octanol–water partition coefficient (Wildman–Crippen LogP) is 2.36. The van der Waals surface area contributed by atoms with Crippen LogP contribution in [0, 0.1) is 5.92 Å². The Morgan fingerprint density at radius 3 is 2.52 bits per heavy atom. The van der Waals surface area contributed by atoms with Crippen molar-refractivity contribution in [3.8, 4) is 0 Å². The second kappa shape index (κ2) is 5.28. The van der Waals surface area contributed by atoms with Gasteiger partial charge in [0.15, 0.2) is 0 Å². The molecule has 0 saturated carbocycles. The summed E-state index contributed by atoms with van der Waals surface area (Å²) in [4.78, 5) is 12.8. The molecule has 0 aromatic heterocycles. The van der Waals surface area contributed by atoms with E-state index in [0.29, 0.717) is 0 Å². The first-order valence-corrected chi connectivity index (χ1v) is 7.51. The molecule has 1 aromatic carbocycles. The van der Waals surface area contributed by atoms with E-state index in [1.807, 2.05) is 0 Å². The molecule has 9 heteroatoms. The fraction of sp³-hybridized carbons (Fsp3) is 0.417. The minimum atomic E-state index is -4.73. The molecule has 21 heavy (non-hydrogen) atoms. The SMILES string of the molecule is O=C1CC(CS(=O)(=O)F)CN1c1cccc(C(F)(F)F)c1. The van der Waals surface area contributed by atoms with E-state index in [1.165, 1.54) is 6.07 Å². The summed E-state index contributed by atoms with van der Waals surface area (Å²) in [5.41, 5.74) is -0.886. The van der Waals surface area contributed by atoms with E-state index in [4.69, 9.17) is 0 Å². The van der Waals surface area contributed by atoms with Crippen LogP contribution < -0.4 is 4.90 Å². The monoisotopic (exact) mass is 325 g/mol. The van der Waals surface area contributed by atoms with Gasteiger partial charge in [-0.2, -0.15) is 21.6 Å². The molecule has 1 fully saturated rings. The van der Waals surface area contributed by atoms with Gasteiger partial charge in [0.25, 0.3) is 0 Å². The van der Waals surface area contributed by atoms with Crippen molar-refractivity contribution in [3.63, 3.8) is 0 Å². The van der Waals surface area contributed by atoms with Crippen LogP contribution in [-0.4, -0.2) is 26.6 Å². The van der Waals surface area contributed by atoms with Crippen molar-refractivity contribution in [3.05, 3.63) is 29.8 Å². The number of halogens is 4. The minimum Gasteiger partial charge on any atom is -0.312 e. The molecular weight excluding hydrogens is 314 g/mol. The third-order valence-electron chi connectivity index (χ3n) is 3.13. The van der Waals surface area contributed by atoms with Crippen molar-refractivity contribution in [1.29, 1.82) is 0 Å². The zero-order valence-corrected chi connectivity index (χ0v) is 11.4. The average molecular weight is 325 g/mol. The number of anilines is 1. The van der Waals surface area contributed by atoms with Gasteiger partial charge in [-0.05, 0) is 18.2 Å². The molecule has 1 saturated heterocycles. The Labute approximate surface area is 118 Å². The minimum absolute atomic E-state index is 0.0218. The average Bonchev–Trinajstić information content (AvgIpc) is 2.67. The Kier molecular flexibility index (Phi) is 3.96. The van der Waals surface area contributed by atoms with E-state index in [2.05, 4.69) is 0 Å². The number of benzene rings is 1. The van der Waals surface area contributed by atoms with Crippen LogP contribution in [0.4, 0.5) is 22.7 Å². The van der Waals surface area contributed by atoms with Crippen LogP contribution >= 0.6 is 0 Å². The Morgan fingerprint density at radius 1 is 1.29 bits per heavy atom. The maximum absolute atomic E-state index is 12.6. The van der Waals surface area contributed by atoms with Gasteiger partial charge in [-0.15, -0.1) is 3.89 Å². The number of alkyl halides is 3. The van der Waals surface area contributed by atoms with Crippen molar-refractivity contribution in [2.45, 2.75) is 12.6 Å². The molecule has 0 bridgehead atoms.